The van der Waals surface area contributed by atoms with Crippen LogP contribution in [0.15, 0.2) is 164 Å². The van der Waals surface area contributed by atoms with Gasteiger partial charge >= 0.3 is 0 Å². The van der Waals surface area contributed by atoms with Crippen LogP contribution in [0.3, 0.4) is 0 Å². The molecule has 1 nitrogen and oxygen atoms in total. The highest BCUT2D eigenvalue weighted by Crippen LogP contribution is 2.55. The molecular formula is C40H27N. The Morgan fingerprint density at radius 1 is 0.317 bits per heavy atom. The van der Waals surface area contributed by atoms with Crippen molar-refractivity contribution in [1.29, 1.82) is 0 Å². The highest BCUT2D eigenvalue weighted by atomic mass is 15.1. The zero-order valence-electron chi connectivity index (χ0n) is 22.5. The van der Waals surface area contributed by atoms with E-state index in [0.717, 1.165) is 11.4 Å². The quantitative estimate of drug-likeness (QED) is 0.218. The summed E-state index contributed by atoms with van der Waals surface area (Å²) in [5.74, 6) is 0. The molecule has 8 rings (SSSR count). The molecular weight excluding hydrogens is 494 g/mol. The molecule has 0 atom stereocenters. The average Bonchev–Trinajstić information content (AvgIpc) is 3.05. The van der Waals surface area contributed by atoms with Crippen molar-refractivity contribution in [3.8, 4) is 44.5 Å². The van der Waals surface area contributed by atoms with Gasteiger partial charge in [-0.05, 0) is 92.2 Å². The Bertz CT molecular complexity index is 1920. The second-order valence-electron chi connectivity index (χ2n) is 10.6. The summed E-state index contributed by atoms with van der Waals surface area (Å²) in [5.41, 5.74) is 13.6. The van der Waals surface area contributed by atoms with Crippen LogP contribution in [0.2, 0.25) is 0 Å². The molecule has 1 heteroatoms. The first kappa shape index (κ1) is 23.5. The van der Waals surface area contributed by atoms with Crippen molar-refractivity contribution in [2.75, 3.05) is 4.90 Å². The molecule has 0 bridgehead atoms. The summed E-state index contributed by atoms with van der Waals surface area (Å²) < 4.78 is 0. The van der Waals surface area contributed by atoms with E-state index in [2.05, 4.69) is 169 Å². The minimum atomic E-state index is 1.14. The largest absolute Gasteiger partial charge is 0.310 e. The van der Waals surface area contributed by atoms with E-state index in [1.54, 1.807) is 0 Å². The first-order chi connectivity index (χ1) is 20.3. The molecule has 0 amide bonds. The molecule has 0 aromatic heterocycles. The zero-order chi connectivity index (χ0) is 27.2. The molecule has 0 heterocycles. The maximum atomic E-state index is 2.40. The van der Waals surface area contributed by atoms with Crippen molar-refractivity contribution in [3.05, 3.63) is 164 Å². The Balaban J connectivity index is 1.27. The van der Waals surface area contributed by atoms with Gasteiger partial charge in [0.2, 0.25) is 0 Å². The van der Waals surface area contributed by atoms with E-state index in [1.807, 2.05) is 0 Å². The van der Waals surface area contributed by atoms with Gasteiger partial charge in [0, 0.05) is 16.9 Å². The number of anilines is 3. The van der Waals surface area contributed by atoms with Crippen LogP contribution in [0.1, 0.15) is 0 Å². The summed E-state index contributed by atoms with van der Waals surface area (Å²) in [4.78, 5) is 2.40. The van der Waals surface area contributed by atoms with Gasteiger partial charge in [0.1, 0.15) is 0 Å². The molecule has 0 saturated carbocycles. The van der Waals surface area contributed by atoms with Gasteiger partial charge in [0.05, 0.1) is 5.69 Å². The van der Waals surface area contributed by atoms with Gasteiger partial charge in [0.15, 0.2) is 0 Å². The van der Waals surface area contributed by atoms with Crippen LogP contribution in [0.4, 0.5) is 17.1 Å². The fourth-order valence-electron chi connectivity index (χ4n) is 6.14. The summed E-state index contributed by atoms with van der Waals surface area (Å²) in [6, 6.07) is 59.1. The topological polar surface area (TPSA) is 3.24 Å². The molecule has 0 radical (unpaired) electrons. The number of hydrogen-bond acceptors (Lipinski definition) is 1. The first-order valence-electron chi connectivity index (χ1n) is 14.1. The smallest absolute Gasteiger partial charge is 0.0546 e. The number of benzene rings is 7. The fourth-order valence-corrected chi connectivity index (χ4v) is 6.14. The lowest BCUT2D eigenvalue weighted by molar-refractivity contribution is 1.28. The molecule has 192 valence electrons. The monoisotopic (exact) mass is 521 g/mol. The molecule has 1 aliphatic carbocycles. The Labute approximate surface area is 240 Å². The molecule has 0 aliphatic heterocycles. The summed E-state index contributed by atoms with van der Waals surface area (Å²) in [7, 11) is 0. The number of rotatable bonds is 5. The minimum absolute atomic E-state index is 1.14. The number of fused-ring (bicyclic) bond motifs is 5. The maximum absolute atomic E-state index is 2.40. The molecule has 7 aromatic carbocycles. The SMILES string of the molecule is c1ccc(-c2ccc(N(c3ccc(-c4ccccc4)cc3)c3cccc4c3-c3cc5ccccc5cc3-4)cc2)cc1. The van der Waals surface area contributed by atoms with Gasteiger partial charge in [0.25, 0.3) is 0 Å². The van der Waals surface area contributed by atoms with E-state index < -0.39 is 0 Å². The van der Waals surface area contributed by atoms with Gasteiger partial charge in [-0.15, -0.1) is 0 Å². The highest BCUT2D eigenvalue weighted by Gasteiger charge is 2.29. The van der Waals surface area contributed by atoms with Gasteiger partial charge in [-0.1, -0.05) is 121 Å². The normalized spacial score (nSPS) is 11.4. The van der Waals surface area contributed by atoms with Crippen LogP contribution in [0.5, 0.6) is 0 Å². The lowest BCUT2D eigenvalue weighted by atomic mass is 9.78. The molecule has 0 unspecified atom stereocenters. The van der Waals surface area contributed by atoms with E-state index in [0.29, 0.717) is 0 Å². The zero-order valence-corrected chi connectivity index (χ0v) is 22.5. The molecule has 0 N–H and O–H groups in total. The van der Waals surface area contributed by atoms with E-state index >= 15 is 0 Å². The summed E-state index contributed by atoms with van der Waals surface area (Å²) >= 11 is 0. The summed E-state index contributed by atoms with van der Waals surface area (Å²) in [5, 5.41) is 2.56. The van der Waals surface area contributed by atoms with Crippen molar-refractivity contribution in [3.63, 3.8) is 0 Å². The van der Waals surface area contributed by atoms with Crippen molar-refractivity contribution < 1.29 is 0 Å². The van der Waals surface area contributed by atoms with Crippen LogP contribution in [-0.2, 0) is 0 Å². The predicted octanol–water partition coefficient (Wildman–Crippen LogP) is 11.3. The van der Waals surface area contributed by atoms with E-state index in [9.17, 15) is 0 Å². The second-order valence-corrected chi connectivity index (χ2v) is 10.6. The Hall–Kier alpha value is -5.40. The third-order valence-corrected chi connectivity index (χ3v) is 8.19. The predicted molar refractivity (Wildman–Crippen MR) is 174 cm³/mol. The highest BCUT2D eigenvalue weighted by molar-refractivity contribution is 6.13. The second kappa shape index (κ2) is 9.66. The van der Waals surface area contributed by atoms with Gasteiger partial charge in [-0.25, -0.2) is 0 Å². The standard InChI is InChI=1S/C40H27N/c1-3-10-28(11-4-1)30-18-22-34(23-19-30)41(35-24-20-31(21-25-35)29-12-5-2-6-13-29)39-17-9-16-36-37-26-32-14-7-8-15-33(32)27-38(37)40(36)39/h1-27H. The summed E-state index contributed by atoms with van der Waals surface area (Å²) in [6.07, 6.45) is 0. The Kier molecular flexibility index (Phi) is 5.53. The summed E-state index contributed by atoms with van der Waals surface area (Å²) in [6.45, 7) is 0. The van der Waals surface area contributed by atoms with Crippen LogP contribution < -0.4 is 4.90 Å². The molecule has 41 heavy (non-hydrogen) atoms. The van der Waals surface area contributed by atoms with Gasteiger partial charge in [-0.3, -0.25) is 0 Å². The maximum Gasteiger partial charge on any atom is 0.0546 e. The molecule has 7 aromatic rings. The van der Waals surface area contributed by atoms with Crippen molar-refractivity contribution in [1.82, 2.24) is 0 Å². The third-order valence-electron chi connectivity index (χ3n) is 8.19. The van der Waals surface area contributed by atoms with E-state index in [1.165, 1.54) is 61.0 Å². The third kappa shape index (κ3) is 4.02. The number of hydrogen-bond donors (Lipinski definition) is 0. The van der Waals surface area contributed by atoms with Crippen molar-refractivity contribution >= 4 is 27.8 Å². The fraction of sp³-hybridized carbons (Fsp3) is 0. The van der Waals surface area contributed by atoms with Crippen LogP contribution in [0.25, 0.3) is 55.3 Å². The van der Waals surface area contributed by atoms with Crippen molar-refractivity contribution in [2.45, 2.75) is 0 Å². The Morgan fingerprint density at radius 2 is 0.780 bits per heavy atom. The van der Waals surface area contributed by atoms with E-state index in [-0.39, 0.29) is 0 Å². The van der Waals surface area contributed by atoms with Gasteiger partial charge < -0.3 is 4.90 Å². The lowest BCUT2D eigenvalue weighted by Gasteiger charge is -2.34. The van der Waals surface area contributed by atoms with Crippen LogP contribution >= 0.6 is 0 Å². The molecule has 0 spiro atoms. The molecule has 0 saturated heterocycles. The van der Waals surface area contributed by atoms with Crippen LogP contribution in [0, 0.1) is 0 Å². The average molecular weight is 522 g/mol. The lowest BCUT2D eigenvalue weighted by Crippen LogP contribution is -2.14. The minimum Gasteiger partial charge on any atom is -0.310 e. The van der Waals surface area contributed by atoms with Gasteiger partial charge in [-0.2, -0.15) is 0 Å². The number of nitrogens with zero attached hydrogens (tertiary/aromatic N) is 1. The molecule has 0 fully saturated rings. The first-order valence-corrected chi connectivity index (χ1v) is 14.1. The Morgan fingerprint density at radius 3 is 1.32 bits per heavy atom. The molecule has 1 aliphatic rings. The van der Waals surface area contributed by atoms with E-state index in [4.69, 9.17) is 0 Å². The van der Waals surface area contributed by atoms with Crippen molar-refractivity contribution in [2.24, 2.45) is 0 Å². The van der Waals surface area contributed by atoms with Crippen LogP contribution in [-0.4, -0.2) is 0 Å².